The zero-order valence-electron chi connectivity index (χ0n) is 12.1. The third-order valence-electron chi connectivity index (χ3n) is 3.01. The lowest BCUT2D eigenvalue weighted by Gasteiger charge is -2.01. The van der Waals surface area contributed by atoms with Crippen molar-refractivity contribution in [3.63, 3.8) is 0 Å². The van der Waals surface area contributed by atoms with Gasteiger partial charge in [0.2, 0.25) is 5.91 Å². The van der Waals surface area contributed by atoms with E-state index in [-0.39, 0.29) is 5.91 Å². The van der Waals surface area contributed by atoms with Crippen LogP contribution in [0.1, 0.15) is 37.4 Å². The Morgan fingerprint density at radius 1 is 1.40 bits per heavy atom. The molecule has 20 heavy (non-hydrogen) atoms. The van der Waals surface area contributed by atoms with Crippen molar-refractivity contribution in [2.75, 3.05) is 5.32 Å². The normalized spacial score (nSPS) is 10.8. The maximum absolute atomic E-state index is 11.9. The van der Waals surface area contributed by atoms with Crippen LogP contribution >= 0.6 is 11.3 Å². The van der Waals surface area contributed by atoms with Crippen LogP contribution < -0.4 is 9.88 Å². The van der Waals surface area contributed by atoms with Crippen LogP contribution in [0.15, 0.2) is 29.9 Å². The number of anilines is 1. The van der Waals surface area contributed by atoms with E-state index in [0.29, 0.717) is 24.0 Å². The highest BCUT2D eigenvalue weighted by Gasteiger charge is 2.10. The van der Waals surface area contributed by atoms with Gasteiger partial charge in [-0.15, -0.1) is 11.3 Å². The average molecular weight is 290 g/mol. The van der Waals surface area contributed by atoms with Gasteiger partial charge in [-0.1, -0.05) is 13.8 Å². The summed E-state index contributed by atoms with van der Waals surface area (Å²) in [6.45, 7) is 6.91. The fourth-order valence-corrected chi connectivity index (χ4v) is 2.59. The summed E-state index contributed by atoms with van der Waals surface area (Å²) in [5.41, 5.74) is 2.24. The molecule has 0 bridgehead atoms. The molecule has 0 saturated carbocycles. The molecule has 2 aromatic heterocycles. The van der Waals surface area contributed by atoms with E-state index in [1.54, 1.807) is 0 Å². The Morgan fingerprint density at radius 2 is 2.10 bits per heavy atom. The molecule has 0 fully saturated rings. The molecule has 0 radical (unpaired) electrons. The summed E-state index contributed by atoms with van der Waals surface area (Å²) in [6.07, 6.45) is 4.43. The van der Waals surface area contributed by atoms with Crippen LogP contribution in [-0.4, -0.2) is 10.9 Å². The third-order valence-corrected chi connectivity index (χ3v) is 3.79. The second-order valence-electron chi connectivity index (χ2n) is 5.14. The Bertz CT molecular complexity index is 575. The van der Waals surface area contributed by atoms with Crippen molar-refractivity contribution in [3.8, 4) is 0 Å². The van der Waals surface area contributed by atoms with Gasteiger partial charge in [0.1, 0.15) is 0 Å². The minimum Gasteiger partial charge on any atom is -0.302 e. The van der Waals surface area contributed by atoms with Gasteiger partial charge in [0.05, 0.1) is 12.1 Å². The molecule has 0 aromatic carbocycles. The molecule has 5 heteroatoms. The highest BCUT2D eigenvalue weighted by atomic mass is 32.1. The third kappa shape index (κ3) is 4.13. The predicted octanol–water partition coefficient (Wildman–Crippen LogP) is 2.89. The molecule has 0 aliphatic heterocycles. The van der Waals surface area contributed by atoms with E-state index in [0.717, 1.165) is 5.69 Å². The number of aromatic nitrogens is 2. The Kier molecular flexibility index (Phi) is 4.84. The summed E-state index contributed by atoms with van der Waals surface area (Å²) in [5, 5.41) is 5.54. The molecule has 2 heterocycles. The standard InChI is InChI=1S/C15H19N3OS/c1-11(2)13-10-20-15(16-13)17-14(19)6-9-18-7-4-12(3)5-8-18/h4-5,7-8,10-11H,6,9H2,1-3H3/p+1. The first-order valence-corrected chi connectivity index (χ1v) is 7.63. The van der Waals surface area contributed by atoms with E-state index in [9.17, 15) is 4.79 Å². The van der Waals surface area contributed by atoms with Crippen LogP contribution in [0.4, 0.5) is 5.13 Å². The van der Waals surface area contributed by atoms with E-state index in [1.807, 2.05) is 41.4 Å². The topological polar surface area (TPSA) is 45.9 Å². The second-order valence-corrected chi connectivity index (χ2v) is 6.00. The van der Waals surface area contributed by atoms with Crippen molar-refractivity contribution in [3.05, 3.63) is 41.2 Å². The van der Waals surface area contributed by atoms with Gasteiger partial charge >= 0.3 is 0 Å². The molecule has 2 rings (SSSR count). The van der Waals surface area contributed by atoms with E-state index < -0.39 is 0 Å². The molecule has 1 amide bonds. The lowest BCUT2D eigenvalue weighted by molar-refractivity contribution is -0.695. The van der Waals surface area contributed by atoms with Gasteiger partial charge in [-0.2, -0.15) is 0 Å². The van der Waals surface area contributed by atoms with Crippen molar-refractivity contribution in [2.24, 2.45) is 0 Å². The van der Waals surface area contributed by atoms with Crippen LogP contribution in [0.3, 0.4) is 0 Å². The maximum Gasteiger partial charge on any atom is 0.232 e. The number of rotatable bonds is 5. The molecule has 0 unspecified atom stereocenters. The fourth-order valence-electron chi connectivity index (χ4n) is 1.70. The van der Waals surface area contributed by atoms with Gasteiger partial charge in [0, 0.05) is 17.5 Å². The van der Waals surface area contributed by atoms with Crippen LogP contribution in [-0.2, 0) is 11.3 Å². The largest absolute Gasteiger partial charge is 0.302 e. The van der Waals surface area contributed by atoms with Crippen molar-refractivity contribution in [1.82, 2.24) is 4.98 Å². The van der Waals surface area contributed by atoms with Gasteiger partial charge < -0.3 is 5.32 Å². The molecular weight excluding hydrogens is 270 g/mol. The van der Waals surface area contributed by atoms with Crippen LogP contribution in [0.5, 0.6) is 0 Å². The molecule has 0 spiro atoms. The summed E-state index contributed by atoms with van der Waals surface area (Å²) < 4.78 is 2.01. The molecule has 2 aromatic rings. The lowest BCUT2D eigenvalue weighted by Crippen LogP contribution is -2.34. The van der Waals surface area contributed by atoms with Crippen LogP contribution in [0.25, 0.3) is 0 Å². The van der Waals surface area contributed by atoms with Crippen LogP contribution in [0.2, 0.25) is 0 Å². The molecule has 0 aliphatic rings. The predicted molar refractivity (Wildman–Crippen MR) is 80.8 cm³/mol. The summed E-state index contributed by atoms with van der Waals surface area (Å²) in [6, 6.07) is 4.07. The molecule has 0 saturated heterocycles. The molecule has 106 valence electrons. The zero-order valence-corrected chi connectivity index (χ0v) is 12.9. The van der Waals surface area contributed by atoms with Crippen LogP contribution in [0, 0.1) is 6.92 Å². The minimum absolute atomic E-state index is 0.00253. The number of amides is 1. The van der Waals surface area contributed by atoms with Crippen molar-refractivity contribution < 1.29 is 9.36 Å². The number of thiazole rings is 1. The minimum atomic E-state index is 0.00253. The zero-order chi connectivity index (χ0) is 14.5. The number of nitrogens with zero attached hydrogens (tertiary/aromatic N) is 2. The summed E-state index contributed by atoms with van der Waals surface area (Å²) in [5.74, 6) is 0.391. The first kappa shape index (κ1) is 14.7. The number of carbonyl (C=O) groups excluding carboxylic acids is 1. The Balaban J connectivity index is 1.84. The average Bonchev–Trinajstić information content (AvgIpc) is 2.87. The first-order chi connectivity index (χ1) is 9.54. The molecular formula is C15H20N3OS+. The van der Waals surface area contributed by atoms with Gasteiger partial charge in [-0.25, -0.2) is 9.55 Å². The van der Waals surface area contributed by atoms with E-state index in [2.05, 4.69) is 24.1 Å². The number of pyridine rings is 1. The van der Waals surface area contributed by atoms with Gasteiger partial charge in [-0.3, -0.25) is 4.79 Å². The van der Waals surface area contributed by atoms with Gasteiger partial charge in [0.25, 0.3) is 0 Å². The van der Waals surface area contributed by atoms with E-state index in [4.69, 9.17) is 0 Å². The van der Waals surface area contributed by atoms with E-state index >= 15 is 0 Å². The first-order valence-electron chi connectivity index (χ1n) is 6.75. The van der Waals surface area contributed by atoms with E-state index in [1.165, 1.54) is 16.9 Å². The van der Waals surface area contributed by atoms with Crippen molar-refractivity contribution in [2.45, 2.75) is 39.7 Å². The summed E-state index contributed by atoms with van der Waals surface area (Å²) in [7, 11) is 0. The molecule has 4 nitrogen and oxygen atoms in total. The Morgan fingerprint density at radius 3 is 2.70 bits per heavy atom. The molecule has 0 atom stereocenters. The number of nitrogens with one attached hydrogen (secondary N) is 1. The fraction of sp³-hybridized carbons (Fsp3) is 0.400. The molecule has 1 N–H and O–H groups in total. The summed E-state index contributed by atoms with van der Waals surface area (Å²) in [4.78, 5) is 16.3. The number of carbonyl (C=O) groups is 1. The SMILES string of the molecule is Cc1cc[n+](CCC(=O)Nc2nc(C(C)C)cs2)cc1. The number of aryl methyl sites for hydroxylation is 2. The smallest absolute Gasteiger partial charge is 0.232 e. The summed E-state index contributed by atoms with van der Waals surface area (Å²) >= 11 is 1.48. The van der Waals surface area contributed by atoms with Gasteiger partial charge in [-0.05, 0) is 18.4 Å². The van der Waals surface area contributed by atoms with Crippen molar-refractivity contribution >= 4 is 22.4 Å². The van der Waals surface area contributed by atoms with Crippen molar-refractivity contribution in [1.29, 1.82) is 0 Å². The quantitative estimate of drug-likeness (QED) is 0.861. The Hall–Kier alpha value is -1.75. The molecule has 0 aliphatic carbocycles. The number of hydrogen-bond donors (Lipinski definition) is 1. The lowest BCUT2D eigenvalue weighted by atomic mass is 10.2. The Labute approximate surface area is 123 Å². The monoisotopic (exact) mass is 290 g/mol. The maximum atomic E-state index is 11.9. The number of hydrogen-bond acceptors (Lipinski definition) is 3. The highest BCUT2D eigenvalue weighted by molar-refractivity contribution is 7.13. The van der Waals surface area contributed by atoms with Gasteiger partial charge in [0.15, 0.2) is 24.1 Å². The highest BCUT2D eigenvalue weighted by Crippen LogP contribution is 2.21. The second kappa shape index (κ2) is 6.61.